The van der Waals surface area contributed by atoms with Crippen molar-refractivity contribution in [1.29, 1.82) is 0 Å². The highest BCUT2D eigenvalue weighted by molar-refractivity contribution is 5.74. The molecule has 1 heteroatoms. The third-order valence-corrected chi connectivity index (χ3v) is 2.58. The third kappa shape index (κ3) is 2.44. The average molecular weight is 197 g/mol. The average Bonchev–Trinajstić information content (AvgIpc) is 2.32. The summed E-state index contributed by atoms with van der Waals surface area (Å²) in [5.41, 5.74) is 3.84. The maximum absolute atomic E-state index is 3.87. The smallest absolute Gasteiger partial charge is 0.0632 e. The molecule has 0 bridgehead atoms. The van der Waals surface area contributed by atoms with Crippen molar-refractivity contribution in [1.82, 2.24) is 0 Å². The predicted molar refractivity (Wildman–Crippen MR) is 66.0 cm³/mol. The molecule has 0 spiro atoms. The summed E-state index contributed by atoms with van der Waals surface area (Å²) in [5, 5.41) is 0. The Balaban J connectivity index is 2.19. The van der Waals surface area contributed by atoms with E-state index in [-0.39, 0.29) is 0 Å². The van der Waals surface area contributed by atoms with Crippen LogP contribution in [-0.4, -0.2) is 6.72 Å². The van der Waals surface area contributed by atoms with Crippen molar-refractivity contribution in [2.75, 3.05) is 0 Å². The topological polar surface area (TPSA) is 12.4 Å². The maximum atomic E-state index is 3.87. The summed E-state index contributed by atoms with van der Waals surface area (Å²) >= 11 is 0. The van der Waals surface area contributed by atoms with Crippen LogP contribution in [0.5, 0.6) is 0 Å². The summed E-state index contributed by atoms with van der Waals surface area (Å²) in [6.07, 6.45) is 9.04. The molecule has 1 aromatic carbocycles. The Morgan fingerprint density at radius 1 is 1.13 bits per heavy atom. The Morgan fingerprint density at radius 3 is 2.53 bits per heavy atom. The number of hydrogen-bond donors (Lipinski definition) is 0. The van der Waals surface area contributed by atoms with Gasteiger partial charge in [0.25, 0.3) is 0 Å². The Hall–Kier alpha value is -1.63. The second-order valence-corrected chi connectivity index (χ2v) is 3.72. The van der Waals surface area contributed by atoms with Gasteiger partial charge in [0.05, 0.1) is 6.54 Å². The summed E-state index contributed by atoms with van der Waals surface area (Å²) < 4.78 is 0. The van der Waals surface area contributed by atoms with Crippen molar-refractivity contribution in [3.8, 4) is 0 Å². The predicted octanol–water partition coefficient (Wildman–Crippen LogP) is 3.62. The van der Waals surface area contributed by atoms with Gasteiger partial charge in [0.1, 0.15) is 0 Å². The lowest BCUT2D eigenvalue weighted by Crippen LogP contribution is -1.87. The van der Waals surface area contributed by atoms with Gasteiger partial charge in [-0.2, -0.15) is 0 Å². The van der Waals surface area contributed by atoms with Gasteiger partial charge in [0.2, 0.25) is 0 Å². The molecule has 0 amide bonds. The van der Waals surface area contributed by atoms with Gasteiger partial charge < -0.3 is 0 Å². The van der Waals surface area contributed by atoms with E-state index in [0.717, 1.165) is 6.42 Å². The van der Waals surface area contributed by atoms with E-state index in [0.29, 0.717) is 6.54 Å². The molecule has 0 fully saturated rings. The van der Waals surface area contributed by atoms with Crippen molar-refractivity contribution in [3.05, 3.63) is 53.6 Å². The van der Waals surface area contributed by atoms with Crippen molar-refractivity contribution in [3.63, 3.8) is 0 Å². The van der Waals surface area contributed by atoms with Crippen molar-refractivity contribution in [2.24, 2.45) is 4.99 Å². The molecule has 0 saturated carbocycles. The van der Waals surface area contributed by atoms with E-state index in [1.165, 1.54) is 23.1 Å². The Morgan fingerprint density at radius 2 is 1.93 bits per heavy atom. The fourth-order valence-electron chi connectivity index (χ4n) is 1.76. The van der Waals surface area contributed by atoms with Crippen LogP contribution in [0.4, 0.5) is 0 Å². The first kappa shape index (κ1) is 9.91. The first-order chi connectivity index (χ1) is 7.40. The number of nitrogens with zero attached hydrogens (tertiary/aromatic N) is 1. The van der Waals surface area contributed by atoms with Gasteiger partial charge in [-0.05, 0) is 36.3 Å². The van der Waals surface area contributed by atoms with Gasteiger partial charge >= 0.3 is 0 Å². The van der Waals surface area contributed by atoms with Crippen LogP contribution in [0.2, 0.25) is 0 Å². The first-order valence-corrected chi connectivity index (χ1v) is 5.28. The number of aliphatic imine (C=N–C) groups is 1. The van der Waals surface area contributed by atoms with Crippen molar-refractivity contribution >= 4 is 12.3 Å². The zero-order valence-electron chi connectivity index (χ0n) is 8.82. The third-order valence-electron chi connectivity index (χ3n) is 2.58. The number of hydrogen-bond acceptors (Lipinski definition) is 1. The molecule has 0 saturated heterocycles. The minimum Gasteiger partial charge on any atom is -0.296 e. The molecule has 0 aliphatic heterocycles. The van der Waals surface area contributed by atoms with E-state index in [1.54, 1.807) is 0 Å². The summed E-state index contributed by atoms with van der Waals surface area (Å²) in [6, 6.07) is 8.55. The van der Waals surface area contributed by atoms with E-state index >= 15 is 0 Å². The monoisotopic (exact) mass is 197 g/mol. The van der Waals surface area contributed by atoms with Gasteiger partial charge in [-0.3, -0.25) is 4.99 Å². The molecule has 0 atom stereocenters. The van der Waals surface area contributed by atoms with Crippen LogP contribution in [0, 0.1) is 0 Å². The second kappa shape index (κ2) is 4.74. The van der Waals surface area contributed by atoms with Crippen LogP contribution in [0.3, 0.4) is 0 Å². The highest BCUT2D eigenvalue weighted by Crippen LogP contribution is 2.21. The van der Waals surface area contributed by atoms with Gasteiger partial charge in [-0.1, -0.05) is 42.5 Å². The standard InChI is InChI=1S/C14H15N/c1-15-11-12-7-9-14(10-8-12)13-5-3-2-4-6-13/h3,5-10H,1-2,4,11H2. The van der Waals surface area contributed by atoms with Crippen LogP contribution >= 0.6 is 0 Å². The fourth-order valence-corrected chi connectivity index (χ4v) is 1.76. The molecule has 15 heavy (non-hydrogen) atoms. The molecule has 1 aromatic rings. The first-order valence-electron chi connectivity index (χ1n) is 5.28. The fraction of sp³-hybridized carbons (Fsp3) is 0.214. The van der Waals surface area contributed by atoms with Crippen LogP contribution in [0.1, 0.15) is 24.0 Å². The van der Waals surface area contributed by atoms with Crippen LogP contribution in [-0.2, 0) is 6.54 Å². The summed E-state index contributed by atoms with van der Waals surface area (Å²) in [6.45, 7) is 4.20. The summed E-state index contributed by atoms with van der Waals surface area (Å²) in [5.74, 6) is 0. The molecule has 1 aliphatic rings. The quantitative estimate of drug-likeness (QED) is 0.656. The molecular weight excluding hydrogens is 182 g/mol. The molecule has 0 N–H and O–H groups in total. The lowest BCUT2D eigenvalue weighted by molar-refractivity contribution is 1.04. The Bertz CT molecular complexity index is 396. The molecule has 1 aliphatic carbocycles. The second-order valence-electron chi connectivity index (χ2n) is 3.72. The van der Waals surface area contributed by atoms with Gasteiger partial charge in [-0.15, -0.1) is 0 Å². The minimum atomic E-state index is 0.704. The number of benzene rings is 1. The van der Waals surface area contributed by atoms with Crippen molar-refractivity contribution < 1.29 is 0 Å². The molecule has 76 valence electrons. The largest absolute Gasteiger partial charge is 0.296 e. The summed E-state index contributed by atoms with van der Waals surface area (Å²) in [7, 11) is 0. The van der Waals surface area contributed by atoms with Gasteiger partial charge in [-0.25, -0.2) is 0 Å². The molecule has 0 radical (unpaired) electrons. The van der Waals surface area contributed by atoms with Crippen LogP contribution in [0.15, 0.2) is 47.5 Å². The molecule has 0 unspecified atom stereocenters. The zero-order valence-corrected chi connectivity index (χ0v) is 8.82. The molecule has 1 nitrogen and oxygen atoms in total. The van der Waals surface area contributed by atoms with E-state index < -0.39 is 0 Å². The van der Waals surface area contributed by atoms with Crippen LogP contribution in [0.25, 0.3) is 5.57 Å². The summed E-state index contributed by atoms with van der Waals surface area (Å²) in [4.78, 5) is 3.87. The molecule has 2 rings (SSSR count). The Kier molecular flexibility index (Phi) is 3.13. The molecular formula is C14H15N. The SMILES string of the molecule is C=NCc1ccc(C2=CCCC=C2)cc1. The molecule has 0 aromatic heterocycles. The van der Waals surface area contributed by atoms with E-state index in [4.69, 9.17) is 0 Å². The van der Waals surface area contributed by atoms with E-state index in [9.17, 15) is 0 Å². The maximum Gasteiger partial charge on any atom is 0.0632 e. The van der Waals surface area contributed by atoms with E-state index in [2.05, 4.69) is 54.2 Å². The number of rotatable bonds is 3. The normalized spacial score (nSPS) is 14.8. The van der Waals surface area contributed by atoms with E-state index in [1.807, 2.05) is 0 Å². The van der Waals surface area contributed by atoms with Crippen molar-refractivity contribution in [2.45, 2.75) is 19.4 Å². The van der Waals surface area contributed by atoms with Gasteiger partial charge in [0.15, 0.2) is 0 Å². The Labute approximate surface area is 90.9 Å². The highest BCUT2D eigenvalue weighted by Gasteiger charge is 2.00. The molecule has 0 heterocycles. The highest BCUT2D eigenvalue weighted by atomic mass is 14.7. The lowest BCUT2D eigenvalue weighted by Gasteiger charge is -2.07. The number of allylic oxidation sites excluding steroid dienone is 4. The lowest BCUT2D eigenvalue weighted by atomic mass is 9.99. The van der Waals surface area contributed by atoms with Gasteiger partial charge in [0, 0.05) is 0 Å². The van der Waals surface area contributed by atoms with Crippen LogP contribution < -0.4 is 0 Å². The zero-order chi connectivity index (χ0) is 10.5. The minimum absolute atomic E-state index is 0.704.